The molecule has 6 heterocycles. The SMILES string of the molecule is CCCCCCC(CCCC)CN1C(=O)/C(=C2/C(=O)N(CC(CCCC)CCCCCC)c3cc(-c4cc5sc6c7cc8ccccc8cc7cc(CC(CC)CCCC)c6c5s4)ccc32)c2ccc(-c3cc4sc5c6cc7ccccc7cc6cc(CC(CC)CCCC)c5c4s3)cc21. The lowest BCUT2D eigenvalue weighted by Crippen LogP contribution is -2.34. The maximum absolute atomic E-state index is 16.3. The second-order valence-corrected chi connectivity index (χ2v) is 34.3. The van der Waals surface area contributed by atoms with E-state index < -0.39 is 0 Å². The number of thiophene rings is 4. The molecule has 100 heavy (non-hydrogen) atoms. The second-order valence-electron chi connectivity index (χ2n) is 30.1. The van der Waals surface area contributed by atoms with Gasteiger partial charge in [-0.2, -0.15) is 0 Å². The number of anilines is 2. The van der Waals surface area contributed by atoms with Crippen LogP contribution in [0, 0.1) is 23.7 Å². The summed E-state index contributed by atoms with van der Waals surface area (Å²) in [5.41, 5.74) is 10.2. The Morgan fingerprint density at radius 1 is 0.340 bits per heavy atom. The van der Waals surface area contributed by atoms with Crippen LogP contribution in [0.15, 0.2) is 133 Å². The first kappa shape index (κ1) is 70.4. The largest absolute Gasteiger partial charge is 0.307 e. The van der Waals surface area contributed by atoms with Crippen molar-refractivity contribution in [1.29, 1.82) is 0 Å². The van der Waals surface area contributed by atoms with E-state index in [9.17, 15) is 0 Å². The smallest absolute Gasteiger partial charge is 0.259 e. The fourth-order valence-electron chi connectivity index (χ4n) is 17.2. The Bertz CT molecular complexity index is 4660. The van der Waals surface area contributed by atoms with Crippen LogP contribution in [0.2, 0.25) is 0 Å². The van der Waals surface area contributed by atoms with Crippen molar-refractivity contribution in [3.8, 4) is 20.9 Å². The summed E-state index contributed by atoms with van der Waals surface area (Å²) in [5.74, 6) is 1.95. The Hall–Kier alpha value is -6.68. The quantitative estimate of drug-likeness (QED) is 0.0229. The zero-order chi connectivity index (χ0) is 69.0. The van der Waals surface area contributed by atoms with Gasteiger partial charge in [-0.05, 0) is 165 Å². The van der Waals surface area contributed by atoms with Gasteiger partial charge in [0.25, 0.3) is 11.8 Å². The van der Waals surface area contributed by atoms with E-state index in [0.717, 1.165) is 97.8 Å². The number of unbranched alkanes of at least 4 members (excludes halogenated alkanes) is 10. The van der Waals surface area contributed by atoms with E-state index in [1.54, 1.807) is 0 Å². The third-order valence-electron chi connectivity index (χ3n) is 23.1. The van der Waals surface area contributed by atoms with E-state index in [1.165, 1.54) is 206 Å². The topological polar surface area (TPSA) is 40.6 Å². The van der Waals surface area contributed by atoms with E-state index in [2.05, 4.69) is 199 Å². The summed E-state index contributed by atoms with van der Waals surface area (Å²) in [6.07, 6.45) is 30.5. The van der Waals surface area contributed by atoms with E-state index in [0.29, 0.717) is 47.9 Å². The molecule has 0 saturated heterocycles. The fourth-order valence-corrected chi connectivity index (χ4v) is 22.7. The molecular formula is C92H106N2O2S4. The highest BCUT2D eigenvalue weighted by Crippen LogP contribution is 2.54. The van der Waals surface area contributed by atoms with E-state index in [1.807, 2.05) is 45.3 Å². The van der Waals surface area contributed by atoms with Crippen molar-refractivity contribution in [3.63, 3.8) is 0 Å². The summed E-state index contributed by atoms with van der Waals surface area (Å²) in [7, 11) is 0. The lowest BCUT2D eigenvalue weighted by atomic mass is 9.89. The van der Waals surface area contributed by atoms with Gasteiger partial charge in [-0.25, -0.2) is 0 Å². The monoisotopic (exact) mass is 1400 g/mol. The molecule has 4 aromatic heterocycles. The number of carbonyl (C=O) groups excluding carboxylic acids is 2. The molecule has 2 aliphatic rings. The molecule has 2 amide bonds. The predicted octanol–water partition coefficient (Wildman–Crippen LogP) is 29.2. The second kappa shape index (κ2) is 31.9. The molecule has 0 spiro atoms. The average Bonchev–Trinajstić information content (AvgIpc) is 1.56. The summed E-state index contributed by atoms with van der Waals surface area (Å²) < 4.78 is 8.25. The third-order valence-corrected chi connectivity index (χ3v) is 28.1. The number of nitrogens with zero attached hydrogens (tertiary/aromatic N) is 2. The van der Waals surface area contributed by atoms with Crippen molar-refractivity contribution in [2.45, 2.75) is 222 Å². The van der Waals surface area contributed by atoms with Gasteiger partial charge >= 0.3 is 0 Å². The van der Waals surface area contributed by atoms with Crippen molar-refractivity contribution in [2.75, 3.05) is 22.9 Å². The molecule has 0 N–H and O–H groups in total. The number of fused-ring (bicyclic) bond motifs is 14. The molecule has 2 aliphatic heterocycles. The van der Waals surface area contributed by atoms with Gasteiger partial charge in [0.05, 0.1) is 31.9 Å². The minimum atomic E-state index is -0.0120. The molecule has 4 nitrogen and oxygen atoms in total. The molecule has 0 aliphatic carbocycles. The lowest BCUT2D eigenvalue weighted by Gasteiger charge is -2.25. The first-order valence-corrected chi connectivity index (χ1v) is 42.6. The Morgan fingerprint density at radius 3 is 1.09 bits per heavy atom. The molecule has 8 aromatic carbocycles. The number of amides is 2. The van der Waals surface area contributed by atoms with E-state index in [4.69, 9.17) is 0 Å². The minimum absolute atomic E-state index is 0.0120. The van der Waals surface area contributed by atoms with Crippen molar-refractivity contribution in [2.24, 2.45) is 23.7 Å². The van der Waals surface area contributed by atoms with Crippen molar-refractivity contribution < 1.29 is 9.59 Å². The Balaban J connectivity index is 0.909. The van der Waals surface area contributed by atoms with Crippen LogP contribution in [0.3, 0.4) is 0 Å². The molecule has 0 saturated carbocycles. The lowest BCUT2D eigenvalue weighted by molar-refractivity contribution is -0.114. The number of hydrogen-bond acceptors (Lipinski definition) is 6. The Morgan fingerprint density at radius 2 is 0.710 bits per heavy atom. The summed E-state index contributed by atoms with van der Waals surface area (Å²) in [5, 5.41) is 13.4. The van der Waals surface area contributed by atoms with Gasteiger partial charge in [0.2, 0.25) is 0 Å². The molecule has 12 aromatic rings. The standard InChI is InChI=1S/C92H106N2O2S4/c1-9-17-23-25-35-61(33-21-13-5)57-93-77-53-67(79-55-81-89(97-79)83-71(45-59(15-7)31-19-11-3)49-69-47-63-37-27-29-39-65(63)51-75(69)87(83)99-81)41-43-73(77)85(91(93)95)86-74-44-42-68(54-78(74)94(92(86)96)58-62(34-22-14-6)36-26-24-18-10-2)80-56-82-90(98-80)84-72(46-60(16-8)32-20-12-4)50-70-48-64-38-28-30-40-66(64)52-76(70)88(84)100-82/h27-30,37-44,47-56,59-62H,9-26,31-36,45-46,57-58H2,1-8H3/b86-85+. The zero-order valence-corrected chi connectivity index (χ0v) is 64.4. The number of carbonyl (C=O) groups is 2. The maximum Gasteiger partial charge on any atom is 0.259 e. The van der Waals surface area contributed by atoms with Crippen LogP contribution >= 0.6 is 45.3 Å². The van der Waals surface area contributed by atoms with Crippen LogP contribution in [-0.4, -0.2) is 24.9 Å². The van der Waals surface area contributed by atoms with Crippen molar-refractivity contribution in [1.82, 2.24) is 0 Å². The highest BCUT2D eigenvalue weighted by molar-refractivity contribution is 7.35. The molecule has 4 unspecified atom stereocenters. The first-order valence-electron chi connectivity index (χ1n) is 39.3. The number of benzene rings is 8. The van der Waals surface area contributed by atoms with Crippen molar-refractivity contribution >= 4 is 162 Å². The van der Waals surface area contributed by atoms with E-state index in [-0.39, 0.29) is 11.8 Å². The van der Waals surface area contributed by atoms with E-state index >= 15 is 9.59 Å². The zero-order valence-electron chi connectivity index (χ0n) is 61.2. The van der Waals surface area contributed by atoms with Crippen LogP contribution in [0.1, 0.15) is 232 Å². The summed E-state index contributed by atoms with van der Waals surface area (Å²) in [6.45, 7) is 19.9. The maximum atomic E-state index is 16.3. The van der Waals surface area contributed by atoms with Gasteiger partial charge in [-0.3, -0.25) is 9.59 Å². The minimum Gasteiger partial charge on any atom is -0.307 e. The van der Waals surface area contributed by atoms with Crippen molar-refractivity contribution in [3.05, 3.63) is 156 Å². The van der Waals surface area contributed by atoms with Gasteiger partial charge in [0.15, 0.2) is 0 Å². The van der Waals surface area contributed by atoms with Gasteiger partial charge in [-0.1, -0.05) is 269 Å². The van der Waals surface area contributed by atoms with Gasteiger partial charge < -0.3 is 9.80 Å². The van der Waals surface area contributed by atoms with Crippen LogP contribution in [-0.2, 0) is 22.4 Å². The van der Waals surface area contributed by atoms with Gasteiger partial charge in [-0.15, -0.1) is 45.3 Å². The number of rotatable bonds is 34. The molecule has 0 radical (unpaired) electrons. The highest BCUT2D eigenvalue weighted by atomic mass is 32.1. The summed E-state index contributed by atoms with van der Waals surface area (Å²) >= 11 is 7.80. The van der Waals surface area contributed by atoms with Crippen LogP contribution in [0.4, 0.5) is 11.4 Å². The predicted molar refractivity (Wildman–Crippen MR) is 444 cm³/mol. The fraction of sp³-hybridized carbons (Fsp3) is 0.435. The van der Waals surface area contributed by atoms with Gasteiger partial charge in [0.1, 0.15) is 0 Å². The Labute approximate surface area is 612 Å². The van der Waals surface area contributed by atoms with Crippen LogP contribution in [0.25, 0.3) is 114 Å². The molecule has 520 valence electrons. The summed E-state index contributed by atoms with van der Waals surface area (Å²) in [4.78, 5) is 39.5. The molecule has 0 fully saturated rings. The molecule has 4 atom stereocenters. The Kier molecular flexibility index (Phi) is 22.5. The summed E-state index contributed by atoms with van der Waals surface area (Å²) in [6, 6.07) is 51.1. The van der Waals surface area contributed by atoms with Crippen LogP contribution < -0.4 is 9.80 Å². The number of hydrogen-bond donors (Lipinski definition) is 0. The highest BCUT2D eigenvalue weighted by Gasteiger charge is 2.44. The van der Waals surface area contributed by atoms with Gasteiger partial charge in [0, 0.05) is 74.3 Å². The average molecular weight is 1400 g/mol. The first-order chi connectivity index (χ1) is 49.0. The normalized spacial score (nSPS) is 15.4. The molecule has 0 bridgehead atoms. The third kappa shape index (κ3) is 14.2. The molecule has 14 rings (SSSR count). The molecule has 8 heteroatoms. The van der Waals surface area contributed by atoms with Crippen LogP contribution in [0.5, 0.6) is 0 Å². The molecular weight excluding hydrogens is 1290 g/mol.